The summed E-state index contributed by atoms with van der Waals surface area (Å²) in [4.78, 5) is 68.5. The number of unbranched alkanes of at least 4 members (excludes halogenated alkanes) is 1. The molecule has 0 aliphatic rings. The second kappa shape index (κ2) is 30.4. The summed E-state index contributed by atoms with van der Waals surface area (Å²) in [5, 5.41) is 23.9. The zero-order valence-corrected chi connectivity index (χ0v) is 38.1. The fourth-order valence-electron chi connectivity index (χ4n) is 5.83. The molecule has 17 heteroatoms. The molecular formula is C49H70N8O9. The lowest BCUT2D eigenvalue weighted by Crippen LogP contribution is -2.41. The van der Waals surface area contributed by atoms with E-state index in [9.17, 15) is 29.3 Å². The Kier molecular flexibility index (Phi) is 26.3. The third kappa shape index (κ3) is 19.9. The molecule has 2 heterocycles. The standard InChI is InChI=1S/C20H28N4O3.C17H20N4O6.C10H14.2CH4/c1-5-14(3)18-22-19(27-23-18)17(12-15(4)25)21-20(26)24(6-2)13-16-10-8-7-9-11-16;1-4-10(2)15-19-16(27-20-15)14(9-11(3)22)18-17(23)26-13-7-5-12(6-8-13)21(24)25;1-2-3-7-10-8-5-4-6-9-10;;/h7-11,14,17H,5-6,12-13H2,1-4H3,(H,21,26);5-8,10,14H,4,9H2,1-3H3,(H,18,23);4-6,8-9H,2-3,7H2,1H3;2*1H4/t14-,17-;10-,14-;;;/m00.../s1. The molecule has 360 valence electrons. The van der Waals surface area contributed by atoms with Gasteiger partial charge in [0.05, 0.1) is 4.92 Å². The molecule has 0 radical (unpaired) electrons. The number of hydrogen-bond donors (Lipinski definition) is 2. The number of non-ortho nitro benzene ring substituents is 1. The van der Waals surface area contributed by atoms with Crippen LogP contribution < -0.4 is 15.4 Å². The van der Waals surface area contributed by atoms with Crippen molar-refractivity contribution in [3.63, 3.8) is 0 Å². The summed E-state index contributed by atoms with van der Waals surface area (Å²) in [7, 11) is 0. The Morgan fingerprint density at radius 2 is 1.18 bits per heavy atom. The number of rotatable bonds is 20. The SMILES string of the molecule is C.C.CCCCc1ccccc1.CC[C@H](C)c1noc([C@H](CC(C)=O)NC(=O)N(CC)Cc2ccccc2)n1.CC[C@H](C)c1noc([C@H](CC(C)=O)NC(=O)Oc2ccc([N+](=O)[O-])cc2)n1. The van der Waals surface area contributed by atoms with Crippen LogP contribution in [-0.2, 0) is 22.6 Å². The Morgan fingerprint density at radius 3 is 1.61 bits per heavy atom. The number of nitro benzene ring substituents is 1. The molecule has 2 aromatic heterocycles. The van der Waals surface area contributed by atoms with Crippen molar-refractivity contribution in [2.75, 3.05) is 6.54 Å². The number of nitro groups is 1. The number of aromatic nitrogens is 4. The maximum atomic E-state index is 12.8. The van der Waals surface area contributed by atoms with Crippen LogP contribution in [0.25, 0.3) is 0 Å². The monoisotopic (exact) mass is 915 g/mol. The van der Waals surface area contributed by atoms with Crippen molar-refractivity contribution < 1.29 is 37.9 Å². The molecule has 0 aliphatic heterocycles. The molecule has 5 rings (SSSR count). The lowest BCUT2D eigenvalue weighted by Gasteiger charge is -2.24. The highest BCUT2D eigenvalue weighted by atomic mass is 16.6. The molecule has 0 saturated carbocycles. The first kappa shape index (κ1) is 57.2. The van der Waals surface area contributed by atoms with Gasteiger partial charge in [-0.1, -0.05) is 127 Å². The normalized spacial score (nSPS) is 12.1. The Labute approximate surface area is 389 Å². The van der Waals surface area contributed by atoms with Crippen LogP contribution in [0.4, 0.5) is 15.3 Å². The average molecular weight is 915 g/mol. The summed E-state index contributed by atoms with van der Waals surface area (Å²) >= 11 is 0. The summed E-state index contributed by atoms with van der Waals surface area (Å²) in [6.07, 6.45) is 4.73. The Morgan fingerprint density at radius 1 is 0.712 bits per heavy atom. The molecule has 17 nitrogen and oxygen atoms in total. The predicted molar refractivity (Wildman–Crippen MR) is 254 cm³/mol. The van der Waals surface area contributed by atoms with Crippen molar-refractivity contribution in [2.45, 2.75) is 146 Å². The molecular weight excluding hydrogens is 845 g/mol. The van der Waals surface area contributed by atoms with Gasteiger partial charge in [-0.15, -0.1) is 0 Å². The van der Waals surface area contributed by atoms with Gasteiger partial charge in [-0.2, -0.15) is 9.97 Å². The molecule has 0 unspecified atom stereocenters. The molecule has 0 saturated heterocycles. The fraction of sp³-hybridized carbons (Fsp3) is 0.469. The highest BCUT2D eigenvalue weighted by Gasteiger charge is 2.27. The Balaban J connectivity index is 0.000000533. The number of hydrogen-bond acceptors (Lipinski definition) is 13. The van der Waals surface area contributed by atoms with Crippen LogP contribution in [0.1, 0.15) is 167 Å². The van der Waals surface area contributed by atoms with E-state index in [-0.39, 0.29) is 80.3 Å². The Hall–Kier alpha value is -6.78. The number of benzene rings is 3. The van der Waals surface area contributed by atoms with Crippen LogP contribution in [-0.4, -0.2) is 60.3 Å². The summed E-state index contributed by atoms with van der Waals surface area (Å²) in [5.74, 6) is 1.57. The van der Waals surface area contributed by atoms with Gasteiger partial charge in [-0.05, 0) is 69.7 Å². The third-order valence-electron chi connectivity index (χ3n) is 10.00. The van der Waals surface area contributed by atoms with E-state index in [4.69, 9.17) is 13.8 Å². The second-order valence-corrected chi connectivity index (χ2v) is 15.3. The van der Waals surface area contributed by atoms with E-state index in [0.29, 0.717) is 24.7 Å². The van der Waals surface area contributed by atoms with E-state index in [1.54, 1.807) is 4.90 Å². The average Bonchev–Trinajstić information content (AvgIpc) is 3.99. The first-order chi connectivity index (χ1) is 30.7. The molecule has 4 atom stereocenters. The van der Waals surface area contributed by atoms with Crippen molar-refractivity contribution in [1.82, 2.24) is 35.8 Å². The van der Waals surface area contributed by atoms with E-state index in [0.717, 1.165) is 18.4 Å². The highest BCUT2D eigenvalue weighted by Crippen LogP contribution is 2.23. The van der Waals surface area contributed by atoms with Crippen molar-refractivity contribution in [1.29, 1.82) is 0 Å². The number of carbonyl (C=O) groups excluding carboxylic acids is 4. The van der Waals surface area contributed by atoms with Gasteiger partial charge >= 0.3 is 12.1 Å². The second-order valence-electron chi connectivity index (χ2n) is 15.3. The van der Waals surface area contributed by atoms with Crippen molar-refractivity contribution in [3.8, 4) is 5.75 Å². The smallest absolute Gasteiger partial charge is 0.410 e. The lowest BCUT2D eigenvalue weighted by atomic mass is 10.1. The van der Waals surface area contributed by atoms with Gasteiger partial charge < -0.3 is 29.3 Å². The molecule has 2 N–H and O–H groups in total. The van der Waals surface area contributed by atoms with Gasteiger partial charge in [0.25, 0.3) is 5.69 Å². The summed E-state index contributed by atoms with van der Waals surface area (Å²) in [5.41, 5.74) is 2.37. The van der Waals surface area contributed by atoms with Crippen LogP contribution in [0.3, 0.4) is 0 Å². The number of carbonyl (C=O) groups is 4. The predicted octanol–water partition coefficient (Wildman–Crippen LogP) is 11.4. The first-order valence-corrected chi connectivity index (χ1v) is 21.7. The number of ketones is 2. The van der Waals surface area contributed by atoms with E-state index in [1.165, 1.54) is 62.9 Å². The van der Waals surface area contributed by atoms with Crippen LogP contribution in [0.15, 0.2) is 94.0 Å². The molecule has 3 amide bonds. The van der Waals surface area contributed by atoms with Gasteiger partial charge in [0.15, 0.2) is 11.6 Å². The van der Waals surface area contributed by atoms with Gasteiger partial charge in [0, 0.05) is 49.9 Å². The minimum atomic E-state index is -0.849. The quantitative estimate of drug-likeness (QED) is 0.0548. The summed E-state index contributed by atoms with van der Waals surface area (Å²) < 4.78 is 15.6. The number of nitrogens with zero attached hydrogens (tertiary/aromatic N) is 6. The zero-order chi connectivity index (χ0) is 47.0. The summed E-state index contributed by atoms with van der Waals surface area (Å²) in [6, 6.07) is 23.7. The molecule has 0 bridgehead atoms. The summed E-state index contributed by atoms with van der Waals surface area (Å²) in [6.45, 7) is 16.0. The fourth-order valence-corrected chi connectivity index (χ4v) is 5.83. The molecule has 0 aliphatic carbocycles. The first-order valence-electron chi connectivity index (χ1n) is 21.7. The number of amides is 3. The van der Waals surface area contributed by atoms with Crippen LogP contribution in [0.5, 0.6) is 5.75 Å². The van der Waals surface area contributed by atoms with Gasteiger partial charge in [-0.3, -0.25) is 19.7 Å². The van der Waals surface area contributed by atoms with Crippen molar-refractivity contribution >= 4 is 29.4 Å². The largest absolute Gasteiger partial charge is 0.413 e. The minimum Gasteiger partial charge on any atom is -0.410 e. The molecule has 0 spiro atoms. The van der Waals surface area contributed by atoms with Crippen LogP contribution in [0, 0.1) is 10.1 Å². The minimum absolute atomic E-state index is 0. The van der Waals surface area contributed by atoms with Crippen molar-refractivity contribution in [3.05, 3.63) is 130 Å². The molecule has 3 aromatic carbocycles. The molecule has 0 fully saturated rings. The number of ether oxygens (including phenoxy) is 1. The number of nitrogens with one attached hydrogen (secondary N) is 2. The maximum absolute atomic E-state index is 12.8. The number of aryl methyl sites for hydroxylation is 1. The zero-order valence-electron chi connectivity index (χ0n) is 38.1. The highest BCUT2D eigenvalue weighted by molar-refractivity contribution is 5.79. The van der Waals surface area contributed by atoms with Crippen molar-refractivity contribution in [2.24, 2.45) is 0 Å². The van der Waals surface area contributed by atoms with E-state index in [1.807, 2.05) is 65.0 Å². The molecule has 5 aromatic rings. The van der Waals surface area contributed by atoms with E-state index >= 15 is 0 Å². The van der Waals surface area contributed by atoms with Gasteiger partial charge in [0.1, 0.15) is 29.4 Å². The van der Waals surface area contributed by atoms with Gasteiger partial charge in [-0.25, -0.2) is 9.59 Å². The van der Waals surface area contributed by atoms with E-state index < -0.39 is 23.1 Å². The third-order valence-corrected chi connectivity index (χ3v) is 10.00. The number of Topliss-reactive ketones (excluding diaryl/α,β-unsaturated/α-hetero) is 2. The van der Waals surface area contributed by atoms with E-state index in [2.05, 4.69) is 68.2 Å². The molecule has 66 heavy (non-hydrogen) atoms. The number of urea groups is 1. The van der Waals surface area contributed by atoms with Crippen LogP contribution in [0.2, 0.25) is 0 Å². The topological polar surface area (TPSA) is 226 Å². The Bertz CT molecular complexity index is 2180. The van der Waals surface area contributed by atoms with Gasteiger partial charge in [0.2, 0.25) is 11.8 Å². The van der Waals surface area contributed by atoms with Crippen LogP contribution >= 0.6 is 0 Å². The lowest BCUT2D eigenvalue weighted by molar-refractivity contribution is -0.384. The maximum Gasteiger partial charge on any atom is 0.413 e.